The molecule has 1 atom stereocenters. The molecule has 1 rings (SSSR count). The van der Waals surface area contributed by atoms with E-state index in [9.17, 15) is 8.42 Å². The van der Waals surface area contributed by atoms with Gasteiger partial charge in [0.15, 0.2) is 9.84 Å². The highest BCUT2D eigenvalue weighted by molar-refractivity contribution is 7.98. The molecule has 90 valence electrons. The van der Waals surface area contributed by atoms with Crippen LogP contribution in [-0.4, -0.2) is 33.7 Å². The Labute approximate surface area is 102 Å². The van der Waals surface area contributed by atoms with Crippen LogP contribution in [0.2, 0.25) is 0 Å². The summed E-state index contributed by atoms with van der Waals surface area (Å²) < 4.78 is 22.6. The molecule has 0 aromatic heterocycles. The maximum Gasteiger partial charge on any atom is 0.175 e. The summed E-state index contributed by atoms with van der Waals surface area (Å²) in [5.41, 5.74) is 1.12. The Balaban J connectivity index is 2.93. The van der Waals surface area contributed by atoms with Crippen molar-refractivity contribution >= 4 is 21.6 Å². The molecule has 5 heteroatoms. The minimum Gasteiger partial charge on any atom is -0.312 e. The van der Waals surface area contributed by atoms with E-state index >= 15 is 0 Å². The van der Waals surface area contributed by atoms with Crippen LogP contribution in [0.5, 0.6) is 0 Å². The fourth-order valence-electron chi connectivity index (χ4n) is 1.46. The van der Waals surface area contributed by atoms with Gasteiger partial charge in [-0.3, -0.25) is 0 Å². The van der Waals surface area contributed by atoms with E-state index in [0.29, 0.717) is 4.90 Å². The summed E-state index contributed by atoms with van der Waals surface area (Å²) in [5, 5.41) is 3.21. The average molecular weight is 259 g/mol. The third kappa shape index (κ3) is 3.50. The van der Waals surface area contributed by atoms with Crippen LogP contribution in [0.25, 0.3) is 0 Å². The van der Waals surface area contributed by atoms with Crippen LogP contribution >= 0.6 is 11.8 Å². The first-order chi connectivity index (χ1) is 7.49. The zero-order valence-electron chi connectivity index (χ0n) is 9.73. The van der Waals surface area contributed by atoms with E-state index < -0.39 is 9.84 Å². The fourth-order valence-corrected chi connectivity index (χ4v) is 2.78. The Morgan fingerprint density at radius 1 is 1.31 bits per heavy atom. The molecule has 0 amide bonds. The predicted molar refractivity (Wildman–Crippen MR) is 69.7 cm³/mol. The lowest BCUT2D eigenvalue weighted by atomic mass is 10.1. The molecule has 0 aliphatic carbocycles. The maximum atomic E-state index is 11.3. The first-order valence-corrected chi connectivity index (χ1v) is 8.23. The van der Waals surface area contributed by atoms with Crippen LogP contribution in [0, 0.1) is 0 Å². The lowest BCUT2D eigenvalue weighted by Gasteiger charge is -2.15. The number of rotatable bonds is 5. The summed E-state index contributed by atoms with van der Waals surface area (Å²) >= 11 is 1.76. The monoisotopic (exact) mass is 259 g/mol. The van der Waals surface area contributed by atoms with Gasteiger partial charge in [0.25, 0.3) is 0 Å². The summed E-state index contributed by atoms with van der Waals surface area (Å²) in [5.74, 6) is 0.967. The second-order valence-electron chi connectivity index (χ2n) is 3.64. The molecule has 1 unspecified atom stereocenters. The molecule has 0 spiro atoms. The summed E-state index contributed by atoms with van der Waals surface area (Å²) in [6.07, 6.45) is 3.27. The lowest BCUT2D eigenvalue weighted by Crippen LogP contribution is -2.18. The van der Waals surface area contributed by atoms with Crippen LogP contribution in [-0.2, 0) is 9.84 Å². The Hall–Kier alpha value is -0.520. The molecule has 0 heterocycles. The number of benzene rings is 1. The van der Waals surface area contributed by atoms with Crippen LogP contribution < -0.4 is 5.32 Å². The van der Waals surface area contributed by atoms with Crippen LogP contribution in [0.4, 0.5) is 0 Å². The van der Waals surface area contributed by atoms with Gasteiger partial charge in [0.1, 0.15) is 0 Å². The highest BCUT2D eigenvalue weighted by Crippen LogP contribution is 2.19. The first-order valence-electron chi connectivity index (χ1n) is 4.95. The minimum atomic E-state index is -3.09. The van der Waals surface area contributed by atoms with Gasteiger partial charge in [-0.25, -0.2) is 8.42 Å². The van der Waals surface area contributed by atoms with E-state index in [-0.39, 0.29) is 6.04 Å². The number of sulfone groups is 1. The predicted octanol–water partition coefficient (Wildman–Crippen LogP) is 1.71. The van der Waals surface area contributed by atoms with Crippen molar-refractivity contribution in [1.29, 1.82) is 0 Å². The molecule has 0 aliphatic rings. The van der Waals surface area contributed by atoms with Crippen LogP contribution in [0.15, 0.2) is 29.2 Å². The van der Waals surface area contributed by atoms with E-state index in [1.54, 1.807) is 23.9 Å². The third-order valence-electron chi connectivity index (χ3n) is 2.39. The second-order valence-corrected chi connectivity index (χ2v) is 6.56. The number of nitrogens with one attached hydrogen (secondary N) is 1. The summed E-state index contributed by atoms with van der Waals surface area (Å²) in [7, 11) is -1.18. The van der Waals surface area contributed by atoms with Gasteiger partial charge in [-0.15, -0.1) is 0 Å². The van der Waals surface area contributed by atoms with Crippen molar-refractivity contribution in [3.63, 3.8) is 0 Å². The van der Waals surface area contributed by atoms with Gasteiger partial charge in [0.2, 0.25) is 0 Å². The largest absolute Gasteiger partial charge is 0.312 e. The first kappa shape index (κ1) is 13.5. The molecular weight excluding hydrogens is 242 g/mol. The standard InChI is InChI=1S/C11H17NO2S2/c1-12-11(8-15-2)9-4-6-10(7-5-9)16(3,13)14/h4-7,11-12H,8H2,1-3H3. The van der Waals surface area contributed by atoms with Gasteiger partial charge in [-0.05, 0) is 31.0 Å². The van der Waals surface area contributed by atoms with Crippen molar-refractivity contribution in [3.05, 3.63) is 29.8 Å². The van der Waals surface area contributed by atoms with Gasteiger partial charge in [0, 0.05) is 18.1 Å². The van der Waals surface area contributed by atoms with E-state index in [1.165, 1.54) is 6.26 Å². The van der Waals surface area contributed by atoms with E-state index in [0.717, 1.165) is 11.3 Å². The minimum absolute atomic E-state index is 0.267. The molecule has 0 saturated carbocycles. The Morgan fingerprint density at radius 2 is 1.88 bits per heavy atom. The van der Waals surface area contributed by atoms with Gasteiger partial charge in [-0.1, -0.05) is 12.1 Å². The fraction of sp³-hybridized carbons (Fsp3) is 0.455. The molecule has 0 bridgehead atoms. The molecule has 1 aromatic carbocycles. The van der Waals surface area contributed by atoms with Gasteiger partial charge in [-0.2, -0.15) is 11.8 Å². The summed E-state index contributed by atoms with van der Waals surface area (Å²) in [4.78, 5) is 0.371. The molecule has 0 fully saturated rings. The lowest BCUT2D eigenvalue weighted by molar-refractivity contribution is 0.601. The summed E-state index contributed by atoms with van der Waals surface area (Å²) in [6.45, 7) is 0. The highest BCUT2D eigenvalue weighted by atomic mass is 32.2. The molecule has 0 radical (unpaired) electrons. The average Bonchev–Trinajstić information content (AvgIpc) is 2.25. The van der Waals surface area contributed by atoms with Gasteiger partial charge < -0.3 is 5.32 Å². The van der Waals surface area contributed by atoms with Gasteiger partial charge in [0.05, 0.1) is 4.90 Å². The summed E-state index contributed by atoms with van der Waals surface area (Å²) in [6, 6.07) is 7.33. The smallest absolute Gasteiger partial charge is 0.175 e. The topological polar surface area (TPSA) is 46.2 Å². The SMILES string of the molecule is CNC(CSC)c1ccc(S(C)(=O)=O)cc1. The van der Waals surface area contributed by atoms with Gasteiger partial charge >= 0.3 is 0 Å². The molecule has 0 aliphatic heterocycles. The van der Waals surface area contributed by atoms with Crippen molar-refractivity contribution in [1.82, 2.24) is 5.32 Å². The van der Waals surface area contributed by atoms with Crippen molar-refractivity contribution < 1.29 is 8.42 Å². The molecule has 1 aromatic rings. The quantitative estimate of drug-likeness (QED) is 0.874. The Morgan fingerprint density at radius 3 is 2.25 bits per heavy atom. The Kier molecular flexibility index (Phi) is 4.83. The molecule has 3 nitrogen and oxygen atoms in total. The van der Waals surface area contributed by atoms with Crippen molar-refractivity contribution in [3.8, 4) is 0 Å². The molecule has 0 saturated heterocycles. The van der Waals surface area contributed by atoms with E-state index in [1.807, 2.05) is 19.2 Å². The third-order valence-corrected chi connectivity index (χ3v) is 4.19. The zero-order valence-corrected chi connectivity index (χ0v) is 11.4. The van der Waals surface area contributed by atoms with Crippen molar-refractivity contribution in [2.24, 2.45) is 0 Å². The molecule has 16 heavy (non-hydrogen) atoms. The van der Waals surface area contributed by atoms with Crippen molar-refractivity contribution in [2.45, 2.75) is 10.9 Å². The van der Waals surface area contributed by atoms with Crippen LogP contribution in [0.1, 0.15) is 11.6 Å². The molecule has 1 N–H and O–H groups in total. The number of thioether (sulfide) groups is 1. The second kappa shape index (κ2) is 5.70. The number of hydrogen-bond donors (Lipinski definition) is 1. The normalized spacial score (nSPS) is 13.7. The van der Waals surface area contributed by atoms with Crippen LogP contribution in [0.3, 0.4) is 0 Å². The Bertz CT molecular complexity index is 426. The number of hydrogen-bond acceptors (Lipinski definition) is 4. The maximum absolute atomic E-state index is 11.3. The van der Waals surface area contributed by atoms with E-state index in [2.05, 4.69) is 11.6 Å². The van der Waals surface area contributed by atoms with E-state index in [4.69, 9.17) is 0 Å². The highest BCUT2D eigenvalue weighted by Gasteiger charge is 2.10. The van der Waals surface area contributed by atoms with Crippen molar-refractivity contribution in [2.75, 3.05) is 25.3 Å². The zero-order chi connectivity index (χ0) is 12.2. The molecular formula is C11H17NO2S2.